The van der Waals surface area contributed by atoms with E-state index in [0.29, 0.717) is 13.1 Å². The maximum atomic E-state index is 13.0. The predicted octanol–water partition coefficient (Wildman–Crippen LogP) is 3.03. The molecular formula is C17H21FN4O. The van der Waals surface area contributed by atoms with E-state index in [1.807, 2.05) is 0 Å². The van der Waals surface area contributed by atoms with Gasteiger partial charge in [-0.25, -0.2) is 14.4 Å². The lowest BCUT2D eigenvalue weighted by molar-refractivity contribution is 0.0735. The predicted molar refractivity (Wildman–Crippen MR) is 87.1 cm³/mol. The van der Waals surface area contributed by atoms with Gasteiger partial charge in [-0.2, -0.15) is 0 Å². The number of rotatable bonds is 7. The topological polar surface area (TPSA) is 72.1 Å². The van der Waals surface area contributed by atoms with E-state index in [1.165, 1.54) is 24.5 Å². The zero-order chi connectivity index (χ0) is 16.7. The molecule has 0 aliphatic rings. The number of halogens is 1. The highest BCUT2D eigenvalue weighted by atomic mass is 19.1. The SMILES string of the molecule is CCCCCN(Cc1ccc(F)cc1)C(=O)c1nccnc1N. The lowest BCUT2D eigenvalue weighted by Crippen LogP contribution is -2.33. The number of nitrogens with two attached hydrogens (primary N) is 1. The van der Waals surface area contributed by atoms with Crippen molar-refractivity contribution >= 4 is 11.7 Å². The fourth-order valence-corrected chi connectivity index (χ4v) is 2.28. The van der Waals surface area contributed by atoms with Crippen LogP contribution in [0.2, 0.25) is 0 Å². The summed E-state index contributed by atoms with van der Waals surface area (Å²) in [7, 11) is 0. The summed E-state index contributed by atoms with van der Waals surface area (Å²) in [5.41, 5.74) is 6.78. The minimum Gasteiger partial charge on any atom is -0.382 e. The summed E-state index contributed by atoms with van der Waals surface area (Å²) in [5, 5.41) is 0. The lowest BCUT2D eigenvalue weighted by atomic mass is 10.1. The fourth-order valence-electron chi connectivity index (χ4n) is 2.28. The Labute approximate surface area is 135 Å². The van der Waals surface area contributed by atoms with Crippen LogP contribution in [0.25, 0.3) is 0 Å². The van der Waals surface area contributed by atoms with Gasteiger partial charge in [0.15, 0.2) is 11.5 Å². The van der Waals surface area contributed by atoms with E-state index in [2.05, 4.69) is 16.9 Å². The molecule has 0 spiro atoms. The number of amides is 1. The number of nitrogen functional groups attached to an aromatic ring is 1. The van der Waals surface area contributed by atoms with E-state index in [9.17, 15) is 9.18 Å². The summed E-state index contributed by atoms with van der Waals surface area (Å²) in [6.07, 6.45) is 5.89. The minimum absolute atomic E-state index is 0.122. The summed E-state index contributed by atoms with van der Waals surface area (Å²) >= 11 is 0. The van der Waals surface area contributed by atoms with Crippen molar-refractivity contribution in [1.29, 1.82) is 0 Å². The van der Waals surface area contributed by atoms with Gasteiger partial charge in [0.05, 0.1) is 0 Å². The number of carbonyl (C=O) groups excluding carboxylic acids is 1. The lowest BCUT2D eigenvalue weighted by Gasteiger charge is -2.23. The highest BCUT2D eigenvalue weighted by Gasteiger charge is 2.20. The van der Waals surface area contributed by atoms with Crippen LogP contribution < -0.4 is 5.73 Å². The maximum absolute atomic E-state index is 13.0. The summed E-state index contributed by atoms with van der Waals surface area (Å²) in [4.78, 5) is 22.3. The Hall–Kier alpha value is -2.50. The van der Waals surface area contributed by atoms with Gasteiger partial charge in [0.1, 0.15) is 5.82 Å². The highest BCUT2D eigenvalue weighted by molar-refractivity contribution is 5.96. The van der Waals surface area contributed by atoms with Crippen LogP contribution in [0.15, 0.2) is 36.7 Å². The maximum Gasteiger partial charge on any atom is 0.276 e. The molecule has 0 atom stereocenters. The molecule has 0 fully saturated rings. The third-order valence-corrected chi connectivity index (χ3v) is 3.53. The minimum atomic E-state index is -0.296. The van der Waals surface area contributed by atoms with Gasteiger partial charge in [-0.3, -0.25) is 4.79 Å². The third-order valence-electron chi connectivity index (χ3n) is 3.53. The zero-order valence-corrected chi connectivity index (χ0v) is 13.2. The number of anilines is 1. The molecule has 0 aliphatic carbocycles. The fraction of sp³-hybridized carbons (Fsp3) is 0.353. The number of benzene rings is 1. The molecule has 1 aromatic carbocycles. The van der Waals surface area contributed by atoms with Crippen molar-refractivity contribution in [2.45, 2.75) is 32.7 Å². The third kappa shape index (κ3) is 4.74. The molecule has 5 nitrogen and oxygen atoms in total. The zero-order valence-electron chi connectivity index (χ0n) is 13.2. The van der Waals surface area contributed by atoms with Crippen LogP contribution in [0.4, 0.5) is 10.2 Å². The molecule has 23 heavy (non-hydrogen) atoms. The summed E-state index contributed by atoms with van der Waals surface area (Å²) < 4.78 is 13.0. The first-order chi connectivity index (χ1) is 11.1. The van der Waals surface area contributed by atoms with Crippen LogP contribution in [0.1, 0.15) is 42.2 Å². The molecule has 1 heterocycles. The highest BCUT2D eigenvalue weighted by Crippen LogP contribution is 2.14. The van der Waals surface area contributed by atoms with Gasteiger partial charge in [-0.1, -0.05) is 31.9 Å². The quantitative estimate of drug-likeness (QED) is 0.797. The van der Waals surface area contributed by atoms with Gasteiger partial charge in [-0.15, -0.1) is 0 Å². The first-order valence-corrected chi connectivity index (χ1v) is 7.72. The van der Waals surface area contributed by atoms with Crippen molar-refractivity contribution < 1.29 is 9.18 Å². The van der Waals surface area contributed by atoms with Gasteiger partial charge in [0.25, 0.3) is 5.91 Å². The Balaban J connectivity index is 2.17. The summed E-state index contributed by atoms with van der Waals surface area (Å²) in [6, 6.07) is 6.13. The molecule has 122 valence electrons. The number of aromatic nitrogens is 2. The average Bonchev–Trinajstić information content (AvgIpc) is 2.56. The molecule has 2 N–H and O–H groups in total. The summed E-state index contributed by atoms with van der Waals surface area (Å²) in [6.45, 7) is 3.09. The molecule has 2 aromatic rings. The van der Waals surface area contributed by atoms with Crippen molar-refractivity contribution in [3.8, 4) is 0 Å². The standard InChI is InChI=1S/C17H21FN4O/c1-2-3-4-11-22(12-13-5-7-14(18)8-6-13)17(23)15-16(19)21-10-9-20-15/h5-10H,2-4,11-12H2,1H3,(H2,19,21). The van der Waals surface area contributed by atoms with Gasteiger partial charge >= 0.3 is 0 Å². The number of hydrogen-bond acceptors (Lipinski definition) is 4. The monoisotopic (exact) mass is 316 g/mol. The van der Waals surface area contributed by atoms with Crippen LogP contribution >= 0.6 is 0 Å². The Bertz CT molecular complexity index is 645. The largest absolute Gasteiger partial charge is 0.382 e. The second-order valence-electron chi connectivity index (χ2n) is 5.35. The van der Waals surface area contributed by atoms with Crippen LogP contribution in [-0.4, -0.2) is 27.3 Å². The van der Waals surface area contributed by atoms with Gasteiger partial charge in [0.2, 0.25) is 0 Å². The van der Waals surface area contributed by atoms with Gasteiger partial charge in [0, 0.05) is 25.5 Å². The second kappa shape index (κ2) is 8.22. The van der Waals surface area contributed by atoms with Crippen LogP contribution in [0, 0.1) is 5.82 Å². The first kappa shape index (κ1) is 16.9. The first-order valence-electron chi connectivity index (χ1n) is 7.72. The van der Waals surface area contributed by atoms with E-state index < -0.39 is 0 Å². The van der Waals surface area contributed by atoms with Crippen molar-refractivity contribution in [3.63, 3.8) is 0 Å². The van der Waals surface area contributed by atoms with Crippen LogP contribution in [0.3, 0.4) is 0 Å². The number of hydrogen-bond donors (Lipinski definition) is 1. The normalized spacial score (nSPS) is 10.5. The molecule has 0 saturated carbocycles. The molecule has 0 radical (unpaired) electrons. The number of carbonyl (C=O) groups is 1. The molecule has 0 bridgehead atoms. The van der Waals surface area contributed by atoms with E-state index in [0.717, 1.165) is 24.8 Å². The van der Waals surface area contributed by atoms with Crippen molar-refractivity contribution in [1.82, 2.24) is 14.9 Å². The Morgan fingerprint density at radius 3 is 2.52 bits per heavy atom. The van der Waals surface area contributed by atoms with Crippen LogP contribution in [0.5, 0.6) is 0 Å². The molecule has 0 aliphatic heterocycles. The second-order valence-corrected chi connectivity index (χ2v) is 5.35. The molecule has 0 unspecified atom stereocenters. The van der Waals surface area contributed by atoms with Crippen LogP contribution in [-0.2, 0) is 6.54 Å². The van der Waals surface area contributed by atoms with Crippen molar-refractivity contribution in [3.05, 3.63) is 53.7 Å². The molecule has 1 amide bonds. The Kier molecular flexibility index (Phi) is 6.02. The van der Waals surface area contributed by atoms with Crippen molar-refractivity contribution in [2.24, 2.45) is 0 Å². The van der Waals surface area contributed by atoms with E-state index in [-0.39, 0.29) is 23.2 Å². The molecule has 2 rings (SSSR count). The number of unbranched alkanes of at least 4 members (excludes halogenated alkanes) is 2. The van der Waals surface area contributed by atoms with Crippen molar-refractivity contribution in [2.75, 3.05) is 12.3 Å². The molecule has 1 aromatic heterocycles. The molecule has 6 heteroatoms. The summed E-state index contributed by atoms with van der Waals surface area (Å²) in [5.74, 6) is -0.427. The molecular weight excluding hydrogens is 295 g/mol. The Morgan fingerprint density at radius 2 is 1.87 bits per heavy atom. The smallest absolute Gasteiger partial charge is 0.276 e. The average molecular weight is 316 g/mol. The van der Waals surface area contributed by atoms with E-state index in [4.69, 9.17) is 5.73 Å². The van der Waals surface area contributed by atoms with E-state index in [1.54, 1.807) is 17.0 Å². The molecule has 0 saturated heterocycles. The number of nitrogens with zero attached hydrogens (tertiary/aromatic N) is 3. The van der Waals surface area contributed by atoms with Gasteiger partial charge < -0.3 is 10.6 Å². The van der Waals surface area contributed by atoms with Gasteiger partial charge in [-0.05, 0) is 24.1 Å². The Morgan fingerprint density at radius 1 is 1.17 bits per heavy atom. The van der Waals surface area contributed by atoms with E-state index >= 15 is 0 Å².